The van der Waals surface area contributed by atoms with Gasteiger partial charge in [0.15, 0.2) is 11.5 Å². The smallest absolute Gasteiger partial charge is 0.173 e. The molecule has 3 heteroatoms. The van der Waals surface area contributed by atoms with E-state index in [4.69, 9.17) is 0 Å². The molecule has 0 fully saturated rings. The van der Waals surface area contributed by atoms with Crippen molar-refractivity contribution in [3.05, 3.63) is 35.5 Å². The lowest BCUT2D eigenvalue weighted by Crippen LogP contribution is -1.89. The number of hydrogen-bond donors (Lipinski definition) is 0. The van der Waals surface area contributed by atoms with Gasteiger partial charge < -0.3 is 4.40 Å². The molecule has 0 aliphatic rings. The molecule has 2 aromatic heterocycles. The molecular formula is C12H17FN2. The van der Waals surface area contributed by atoms with Crippen LogP contribution in [0.2, 0.25) is 0 Å². The average Bonchev–Trinajstić information content (AvgIpc) is 2.64. The van der Waals surface area contributed by atoms with Crippen LogP contribution in [0.5, 0.6) is 0 Å². The summed E-state index contributed by atoms with van der Waals surface area (Å²) in [5.74, 6) is -0.250. The van der Waals surface area contributed by atoms with Crippen molar-refractivity contribution in [3.63, 3.8) is 0 Å². The van der Waals surface area contributed by atoms with E-state index in [1.165, 1.54) is 6.07 Å². The van der Waals surface area contributed by atoms with Crippen LogP contribution in [0.25, 0.3) is 5.65 Å². The van der Waals surface area contributed by atoms with Gasteiger partial charge in [0.1, 0.15) is 0 Å². The number of imidazole rings is 1. The Morgan fingerprint density at radius 1 is 1.33 bits per heavy atom. The van der Waals surface area contributed by atoms with Gasteiger partial charge in [-0.2, -0.15) is 0 Å². The Hall–Kier alpha value is -1.38. The Morgan fingerprint density at radius 2 is 2.00 bits per heavy atom. The van der Waals surface area contributed by atoms with Gasteiger partial charge in [0.05, 0.1) is 5.69 Å². The number of nitrogens with zero attached hydrogens (tertiary/aromatic N) is 2. The molecule has 0 unspecified atom stereocenters. The molecule has 2 rings (SSSR count). The van der Waals surface area contributed by atoms with Gasteiger partial charge in [-0.15, -0.1) is 0 Å². The second-order valence-corrected chi connectivity index (χ2v) is 3.18. The molecule has 15 heavy (non-hydrogen) atoms. The second kappa shape index (κ2) is 4.91. The third-order valence-electron chi connectivity index (χ3n) is 2.06. The van der Waals surface area contributed by atoms with Gasteiger partial charge in [-0.05, 0) is 25.0 Å². The SMILES string of the molecule is CC.CCc1cn2cc(C)cc(F)c2n1. The fraction of sp³-hybridized carbons (Fsp3) is 0.417. The van der Waals surface area contributed by atoms with E-state index in [0.29, 0.717) is 5.65 Å². The monoisotopic (exact) mass is 208 g/mol. The molecule has 0 N–H and O–H groups in total. The van der Waals surface area contributed by atoms with Crippen LogP contribution in [0, 0.1) is 12.7 Å². The number of aromatic nitrogens is 2. The van der Waals surface area contributed by atoms with Gasteiger partial charge in [-0.25, -0.2) is 9.37 Å². The predicted octanol–water partition coefficient (Wildman–Crippen LogP) is 3.37. The molecule has 0 saturated carbocycles. The fourth-order valence-corrected chi connectivity index (χ4v) is 1.41. The van der Waals surface area contributed by atoms with Crippen LogP contribution in [0.1, 0.15) is 32.0 Å². The van der Waals surface area contributed by atoms with E-state index < -0.39 is 0 Å². The van der Waals surface area contributed by atoms with Gasteiger partial charge in [-0.1, -0.05) is 20.8 Å². The molecule has 0 amide bonds. The molecule has 0 atom stereocenters. The van der Waals surface area contributed by atoms with Crippen molar-refractivity contribution in [1.82, 2.24) is 9.38 Å². The summed E-state index contributed by atoms with van der Waals surface area (Å²) in [4.78, 5) is 4.16. The summed E-state index contributed by atoms with van der Waals surface area (Å²) in [6.45, 7) is 7.88. The molecule has 0 radical (unpaired) electrons. The number of hydrogen-bond acceptors (Lipinski definition) is 1. The van der Waals surface area contributed by atoms with Gasteiger partial charge in [0.25, 0.3) is 0 Å². The summed E-state index contributed by atoms with van der Waals surface area (Å²) in [6.07, 6.45) is 4.58. The van der Waals surface area contributed by atoms with Crippen LogP contribution in [0.15, 0.2) is 18.5 Å². The Balaban J connectivity index is 0.000000531. The molecule has 82 valence electrons. The first kappa shape index (κ1) is 11.7. The van der Waals surface area contributed by atoms with Crippen molar-refractivity contribution >= 4 is 5.65 Å². The third kappa shape index (κ3) is 2.35. The molecule has 0 saturated heterocycles. The number of aryl methyl sites for hydroxylation is 2. The summed E-state index contributed by atoms with van der Waals surface area (Å²) in [6, 6.07) is 1.50. The third-order valence-corrected chi connectivity index (χ3v) is 2.06. The first-order valence-corrected chi connectivity index (χ1v) is 5.34. The normalized spacial score (nSPS) is 9.93. The van der Waals surface area contributed by atoms with Crippen LogP contribution in [-0.2, 0) is 6.42 Å². The minimum absolute atomic E-state index is 0.250. The van der Waals surface area contributed by atoms with E-state index in [-0.39, 0.29) is 5.82 Å². The zero-order chi connectivity index (χ0) is 11.4. The topological polar surface area (TPSA) is 17.3 Å². The van der Waals surface area contributed by atoms with Crippen molar-refractivity contribution in [2.45, 2.75) is 34.1 Å². The Kier molecular flexibility index (Phi) is 3.83. The highest BCUT2D eigenvalue weighted by Crippen LogP contribution is 2.12. The van der Waals surface area contributed by atoms with Gasteiger partial charge in [0.2, 0.25) is 0 Å². The maximum atomic E-state index is 13.3. The van der Waals surface area contributed by atoms with Crippen LogP contribution >= 0.6 is 0 Å². The zero-order valence-corrected chi connectivity index (χ0v) is 9.71. The molecule has 0 spiro atoms. The molecule has 2 heterocycles. The first-order valence-electron chi connectivity index (χ1n) is 5.34. The van der Waals surface area contributed by atoms with Crippen molar-refractivity contribution in [2.24, 2.45) is 0 Å². The summed E-state index contributed by atoms with van der Waals surface area (Å²) < 4.78 is 15.1. The van der Waals surface area contributed by atoms with Crippen molar-refractivity contribution in [1.29, 1.82) is 0 Å². The molecule has 0 aromatic carbocycles. The lowest BCUT2D eigenvalue weighted by molar-refractivity contribution is 0.628. The first-order chi connectivity index (χ1) is 7.20. The fourth-order valence-electron chi connectivity index (χ4n) is 1.41. The van der Waals surface area contributed by atoms with E-state index in [1.807, 2.05) is 40.1 Å². The van der Waals surface area contributed by atoms with Crippen LogP contribution in [0.4, 0.5) is 4.39 Å². The van der Waals surface area contributed by atoms with Crippen LogP contribution in [0.3, 0.4) is 0 Å². The second-order valence-electron chi connectivity index (χ2n) is 3.18. The van der Waals surface area contributed by atoms with E-state index in [2.05, 4.69) is 4.98 Å². The largest absolute Gasteiger partial charge is 0.304 e. The number of halogens is 1. The average molecular weight is 208 g/mol. The zero-order valence-electron chi connectivity index (χ0n) is 9.71. The number of rotatable bonds is 1. The maximum Gasteiger partial charge on any atom is 0.173 e. The molecule has 2 nitrogen and oxygen atoms in total. The summed E-state index contributed by atoms with van der Waals surface area (Å²) in [7, 11) is 0. The Bertz CT molecular complexity index is 446. The lowest BCUT2D eigenvalue weighted by Gasteiger charge is -1.96. The Labute approximate surface area is 89.8 Å². The van der Waals surface area contributed by atoms with Gasteiger partial charge >= 0.3 is 0 Å². The summed E-state index contributed by atoms with van der Waals surface area (Å²) in [5, 5.41) is 0. The highest BCUT2D eigenvalue weighted by molar-refractivity contribution is 5.43. The van der Waals surface area contributed by atoms with Crippen molar-refractivity contribution < 1.29 is 4.39 Å². The van der Waals surface area contributed by atoms with Crippen molar-refractivity contribution in [3.8, 4) is 0 Å². The standard InChI is InChI=1S/C10H11FN2.C2H6/c1-3-8-6-13-5-7(2)4-9(11)10(13)12-8;1-2/h4-6H,3H2,1-2H3;1-2H3. The molecule has 0 bridgehead atoms. The minimum Gasteiger partial charge on any atom is -0.304 e. The summed E-state index contributed by atoms with van der Waals surface area (Å²) >= 11 is 0. The molecule has 0 aliphatic heterocycles. The molecular weight excluding hydrogens is 191 g/mol. The quantitative estimate of drug-likeness (QED) is 0.702. The highest BCUT2D eigenvalue weighted by atomic mass is 19.1. The van der Waals surface area contributed by atoms with E-state index in [9.17, 15) is 4.39 Å². The minimum atomic E-state index is -0.250. The lowest BCUT2D eigenvalue weighted by atomic mass is 10.3. The van der Waals surface area contributed by atoms with E-state index in [1.54, 1.807) is 4.40 Å². The molecule has 0 aliphatic carbocycles. The van der Waals surface area contributed by atoms with E-state index >= 15 is 0 Å². The maximum absolute atomic E-state index is 13.3. The molecule has 2 aromatic rings. The van der Waals surface area contributed by atoms with E-state index in [0.717, 1.165) is 17.7 Å². The summed E-state index contributed by atoms with van der Waals surface area (Å²) in [5.41, 5.74) is 2.25. The van der Waals surface area contributed by atoms with Crippen molar-refractivity contribution in [2.75, 3.05) is 0 Å². The number of fused-ring (bicyclic) bond motifs is 1. The number of pyridine rings is 1. The van der Waals surface area contributed by atoms with Gasteiger partial charge in [0, 0.05) is 12.4 Å². The highest BCUT2D eigenvalue weighted by Gasteiger charge is 2.05. The van der Waals surface area contributed by atoms with Crippen LogP contribution in [-0.4, -0.2) is 9.38 Å². The van der Waals surface area contributed by atoms with Crippen LogP contribution < -0.4 is 0 Å². The predicted molar refractivity (Wildman–Crippen MR) is 60.6 cm³/mol. The van der Waals surface area contributed by atoms with Gasteiger partial charge in [-0.3, -0.25) is 0 Å². The Morgan fingerprint density at radius 3 is 2.60 bits per heavy atom.